The van der Waals surface area contributed by atoms with E-state index >= 15 is 0 Å². The second kappa shape index (κ2) is 3.31. The van der Waals surface area contributed by atoms with Crippen molar-refractivity contribution in [2.45, 2.75) is 26.7 Å². The molecule has 0 saturated heterocycles. The fraction of sp³-hybridized carbons (Fsp3) is 0.417. The van der Waals surface area contributed by atoms with Gasteiger partial charge in [0, 0.05) is 17.9 Å². The molecule has 0 amide bonds. The van der Waals surface area contributed by atoms with E-state index in [-0.39, 0.29) is 16.8 Å². The van der Waals surface area contributed by atoms with Gasteiger partial charge in [0.25, 0.3) is 0 Å². The van der Waals surface area contributed by atoms with Crippen LogP contribution in [0, 0.1) is 16.7 Å². The number of Topliss-reactive ketones (excluding diaryl/α,β-unsaturated/α-hetero) is 1. The first-order chi connectivity index (χ1) is 7.43. The lowest BCUT2D eigenvalue weighted by molar-refractivity contribution is -0.275. The van der Waals surface area contributed by atoms with Crippen molar-refractivity contribution in [1.82, 2.24) is 4.98 Å². The Morgan fingerprint density at radius 3 is 2.81 bits per heavy atom. The SMILES string of the molecule is CC1(C)CC(=O)c2cc(C#N)c([O-])nc2C1. The van der Waals surface area contributed by atoms with Gasteiger partial charge in [-0.05, 0) is 17.9 Å². The number of carbonyl (C=O) groups is 1. The van der Waals surface area contributed by atoms with E-state index in [0.29, 0.717) is 24.1 Å². The maximum absolute atomic E-state index is 11.8. The summed E-state index contributed by atoms with van der Waals surface area (Å²) in [4.78, 5) is 15.7. The number of nitriles is 1. The van der Waals surface area contributed by atoms with Crippen LogP contribution in [0.1, 0.15) is 41.9 Å². The maximum Gasteiger partial charge on any atom is 0.165 e. The number of fused-ring (bicyclic) bond motifs is 1. The lowest BCUT2D eigenvalue weighted by Crippen LogP contribution is -2.28. The summed E-state index contributed by atoms with van der Waals surface area (Å²) in [5.74, 6) is -0.568. The molecule has 0 saturated carbocycles. The normalized spacial score (nSPS) is 17.7. The maximum atomic E-state index is 11.8. The molecule has 0 aromatic carbocycles. The van der Waals surface area contributed by atoms with Crippen LogP contribution in [0.5, 0.6) is 5.88 Å². The third-order valence-electron chi connectivity index (χ3n) is 2.77. The van der Waals surface area contributed by atoms with Gasteiger partial charge in [-0.15, -0.1) is 0 Å². The lowest BCUT2D eigenvalue weighted by Gasteiger charge is -2.30. The van der Waals surface area contributed by atoms with Crippen LogP contribution in [0.25, 0.3) is 0 Å². The summed E-state index contributed by atoms with van der Waals surface area (Å²) in [5.41, 5.74) is 0.769. The first-order valence-corrected chi connectivity index (χ1v) is 5.07. The average molecular weight is 215 g/mol. The molecule has 4 nitrogen and oxygen atoms in total. The number of carbonyl (C=O) groups excluding carboxylic acids is 1. The molecule has 16 heavy (non-hydrogen) atoms. The Labute approximate surface area is 93.5 Å². The Bertz CT molecular complexity index is 512. The molecule has 4 heteroatoms. The summed E-state index contributed by atoms with van der Waals surface area (Å²) in [5, 5.41) is 20.1. The molecule has 0 atom stereocenters. The highest BCUT2D eigenvalue weighted by Gasteiger charge is 2.32. The van der Waals surface area contributed by atoms with Gasteiger partial charge in [-0.3, -0.25) is 9.78 Å². The van der Waals surface area contributed by atoms with E-state index in [1.54, 1.807) is 6.07 Å². The predicted octanol–water partition coefficient (Wildman–Crippen LogP) is 1.18. The minimum atomic E-state index is -0.535. The highest BCUT2D eigenvalue weighted by molar-refractivity contribution is 5.99. The Morgan fingerprint density at radius 1 is 1.50 bits per heavy atom. The van der Waals surface area contributed by atoms with Crippen LogP contribution >= 0.6 is 0 Å². The van der Waals surface area contributed by atoms with Gasteiger partial charge in [-0.2, -0.15) is 5.26 Å². The summed E-state index contributed by atoms with van der Waals surface area (Å²) in [6.07, 6.45) is 1.04. The van der Waals surface area contributed by atoms with Crippen molar-refractivity contribution in [1.29, 1.82) is 5.26 Å². The second-order valence-corrected chi connectivity index (χ2v) is 4.89. The van der Waals surface area contributed by atoms with Gasteiger partial charge in [-0.25, -0.2) is 0 Å². The number of ketones is 1. The van der Waals surface area contributed by atoms with Gasteiger partial charge in [0.1, 0.15) is 6.07 Å². The fourth-order valence-electron chi connectivity index (χ4n) is 2.03. The summed E-state index contributed by atoms with van der Waals surface area (Å²) in [6, 6.07) is 3.14. The first kappa shape index (κ1) is 10.6. The number of hydrogen-bond donors (Lipinski definition) is 0. The molecule has 1 aliphatic rings. The third-order valence-corrected chi connectivity index (χ3v) is 2.77. The number of nitrogens with zero attached hydrogens (tertiary/aromatic N) is 2. The zero-order valence-electron chi connectivity index (χ0n) is 9.20. The monoisotopic (exact) mass is 215 g/mol. The molecule has 0 spiro atoms. The van der Waals surface area contributed by atoms with Gasteiger partial charge in [0.05, 0.1) is 11.3 Å². The minimum absolute atomic E-state index is 0.0322. The molecule has 82 valence electrons. The van der Waals surface area contributed by atoms with E-state index in [2.05, 4.69) is 4.98 Å². The molecular formula is C12H11N2O2-. The van der Waals surface area contributed by atoms with E-state index in [0.717, 1.165) is 0 Å². The molecule has 0 fully saturated rings. The molecule has 0 bridgehead atoms. The Morgan fingerprint density at radius 2 is 2.19 bits per heavy atom. The van der Waals surface area contributed by atoms with Crippen LogP contribution in [0.2, 0.25) is 0 Å². The topological polar surface area (TPSA) is 76.8 Å². The summed E-state index contributed by atoms with van der Waals surface area (Å²) in [6.45, 7) is 3.94. The molecule has 1 aromatic rings. The van der Waals surface area contributed by atoms with Gasteiger partial charge >= 0.3 is 0 Å². The summed E-state index contributed by atoms with van der Waals surface area (Å²) in [7, 11) is 0. The van der Waals surface area contributed by atoms with Crippen LogP contribution in [-0.2, 0) is 6.42 Å². The molecule has 1 heterocycles. The Kier molecular flexibility index (Phi) is 2.20. The van der Waals surface area contributed by atoms with Crippen LogP contribution in [0.3, 0.4) is 0 Å². The van der Waals surface area contributed by atoms with E-state index in [9.17, 15) is 9.90 Å². The van der Waals surface area contributed by atoms with Crippen molar-refractivity contribution in [2.75, 3.05) is 0 Å². The zero-order chi connectivity index (χ0) is 11.9. The highest BCUT2D eigenvalue weighted by atomic mass is 16.3. The molecule has 0 unspecified atom stereocenters. The van der Waals surface area contributed by atoms with Crippen molar-refractivity contribution < 1.29 is 9.90 Å². The van der Waals surface area contributed by atoms with Crippen molar-refractivity contribution in [3.63, 3.8) is 0 Å². The number of hydrogen-bond acceptors (Lipinski definition) is 4. The molecule has 2 rings (SSSR count). The molecule has 1 aliphatic carbocycles. The van der Waals surface area contributed by atoms with Gasteiger partial charge in [0.15, 0.2) is 5.78 Å². The Hall–Kier alpha value is -1.89. The molecule has 1 aromatic heterocycles. The molecule has 0 N–H and O–H groups in total. The second-order valence-electron chi connectivity index (χ2n) is 4.89. The van der Waals surface area contributed by atoms with Crippen molar-refractivity contribution in [2.24, 2.45) is 5.41 Å². The summed E-state index contributed by atoms with van der Waals surface area (Å²) >= 11 is 0. The zero-order valence-corrected chi connectivity index (χ0v) is 9.20. The van der Waals surface area contributed by atoms with Crippen LogP contribution < -0.4 is 5.11 Å². The van der Waals surface area contributed by atoms with E-state index in [1.807, 2.05) is 13.8 Å². The molecule has 0 aliphatic heterocycles. The standard InChI is InChI=1S/C12H12N2O2/c1-12(2)4-9-8(10(15)5-12)3-7(6-13)11(16)14-9/h3H,4-5H2,1-2H3,(H,14,16)/p-1. The van der Waals surface area contributed by atoms with Crippen LogP contribution in [-0.4, -0.2) is 10.8 Å². The largest absolute Gasteiger partial charge is 0.858 e. The number of pyridine rings is 1. The number of rotatable bonds is 0. The van der Waals surface area contributed by atoms with Crippen molar-refractivity contribution >= 4 is 5.78 Å². The summed E-state index contributed by atoms with van der Waals surface area (Å²) < 4.78 is 0. The Balaban J connectivity index is 2.59. The van der Waals surface area contributed by atoms with Gasteiger partial charge in [-0.1, -0.05) is 13.8 Å². The lowest BCUT2D eigenvalue weighted by atomic mass is 9.75. The highest BCUT2D eigenvalue weighted by Crippen LogP contribution is 2.34. The first-order valence-electron chi connectivity index (χ1n) is 5.07. The van der Waals surface area contributed by atoms with E-state index in [4.69, 9.17) is 5.26 Å². The molecular weight excluding hydrogens is 204 g/mol. The average Bonchev–Trinajstić information content (AvgIpc) is 2.14. The minimum Gasteiger partial charge on any atom is -0.858 e. The molecule has 0 radical (unpaired) electrons. The van der Waals surface area contributed by atoms with Crippen LogP contribution in [0.4, 0.5) is 0 Å². The van der Waals surface area contributed by atoms with Gasteiger partial charge in [0.2, 0.25) is 0 Å². The van der Waals surface area contributed by atoms with E-state index < -0.39 is 5.88 Å². The van der Waals surface area contributed by atoms with Crippen molar-refractivity contribution in [3.05, 3.63) is 22.9 Å². The van der Waals surface area contributed by atoms with Gasteiger partial charge < -0.3 is 5.11 Å². The van der Waals surface area contributed by atoms with Crippen molar-refractivity contribution in [3.8, 4) is 11.9 Å². The third kappa shape index (κ3) is 1.65. The number of aromatic nitrogens is 1. The fourth-order valence-corrected chi connectivity index (χ4v) is 2.03. The van der Waals surface area contributed by atoms with E-state index in [1.165, 1.54) is 6.07 Å². The quantitative estimate of drug-likeness (QED) is 0.651. The van der Waals surface area contributed by atoms with Crippen LogP contribution in [0.15, 0.2) is 6.07 Å². The smallest absolute Gasteiger partial charge is 0.165 e. The predicted molar refractivity (Wildman–Crippen MR) is 54.8 cm³/mol.